The molecular formula is C25H29N5O3S. The average Bonchev–Trinajstić information content (AvgIpc) is 3.25. The molecule has 9 heteroatoms. The molecular weight excluding hydrogens is 450 g/mol. The predicted molar refractivity (Wildman–Crippen MR) is 132 cm³/mol. The third kappa shape index (κ3) is 5.78. The van der Waals surface area contributed by atoms with E-state index < -0.39 is 10.0 Å². The summed E-state index contributed by atoms with van der Waals surface area (Å²) in [6.07, 6.45) is 11.2. The highest BCUT2D eigenvalue weighted by Gasteiger charge is 2.28. The lowest BCUT2D eigenvalue weighted by Crippen LogP contribution is -2.46. The number of piperidine rings is 1. The minimum Gasteiger partial charge on any atom is -0.339 e. The molecule has 8 nitrogen and oxygen atoms in total. The molecule has 3 aromatic rings. The maximum absolute atomic E-state index is 12.9. The second-order valence-corrected chi connectivity index (χ2v) is 10.6. The summed E-state index contributed by atoms with van der Waals surface area (Å²) in [6, 6.07) is 13.8. The van der Waals surface area contributed by atoms with Gasteiger partial charge in [-0.15, -0.1) is 0 Å². The number of rotatable bonds is 7. The molecule has 178 valence electrons. The lowest BCUT2D eigenvalue weighted by atomic mass is 10.1. The van der Waals surface area contributed by atoms with Crippen molar-refractivity contribution in [1.82, 2.24) is 24.0 Å². The van der Waals surface area contributed by atoms with Gasteiger partial charge >= 0.3 is 0 Å². The number of benzene rings is 1. The minimum atomic E-state index is -3.24. The van der Waals surface area contributed by atoms with E-state index in [9.17, 15) is 13.2 Å². The number of carbonyl (C=O) groups is 1. The molecule has 0 saturated carbocycles. The van der Waals surface area contributed by atoms with Gasteiger partial charge in [0.15, 0.2) is 0 Å². The molecule has 0 aliphatic carbocycles. The van der Waals surface area contributed by atoms with E-state index in [0.717, 1.165) is 22.4 Å². The number of hydrogen-bond donors (Lipinski definition) is 0. The van der Waals surface area contributed by atoms with Crippen molar-refractivity contribution in [3.63, 3.8) is 0 Å². The van der Waals surface area contributed by atoms with Gasteiger partial charge in [0.25, 0.3) is 0 Å². The largest absolute Gasteiger partial charge is 0.339 e. The lowest BCUT2D eigenvalue weighted by molar-refractivity contribution is -0.127. The first-order valence-corrected chi connectivity index (χ1v) is 13.1. The molecule has 0 spiro atoms. The monoisotopic (exact) mass is 479 g/mol. The summed E-state index contributed by atoms with van der Waals surface area (Å²) in [5.74, 6) is -0.0894. The number of sulfonamides is 1. The van der Waals surface area contributed by atoms with E-state index in [1.807, 2.05) is 41.2 Å². The topological polar surface area (TPSA) is 88.4 Å². The van der Waals surface area contributed by atoms with Crippen molar-refractivity contribution in [3.8, 4) is 11.3 Å². The summed E-state index contributed by atoms with van der Waals surface area (Å²) in [5.41, 5.74) is 3.62. The van der Waals surface area contributed by atoms with Gasteiger partial charge in [0.1, 0.15) is 5.69 Å². The van der Waals surface area contributed by atoms with E-state index in [2.05, 4.69) is 17.1 Å². The lowest BCUT2D eigenvalue weighted by Gasteiger charge is -2.35. The van der Waals surface area contributed by atoms with Gasteiger partial charge in [0.05, 0.1) is 12.8 Å². The Morgan fingerprint density at radius 3 is 2.53 bits per heavy atom. The number of nitrogens with zero attached hydrogens (tertiary/aromatic N) is 5. The Hall–Kier alpha value is -3.30. The second-order valence-electron chi connectivity index (χ2n) is 8.53. The van der Waals surface area contributed by atoms with Crippen molar-refractivity contribution in [1.29, 1.82) is 0 Å². The van der Waals surface area contributed by atoms with E-state index in [0.29, 0.717) is 32.5 Å². The fraction of sp³-hybridized carbons (Fsp3) is 0.320. The summed E-state index contributed by atoms with van der Waals surface area (Å²) in [7, 11) is -1.63. The third-order valence-electron chi connectivity index (χ3n) is 6.13. The standard InChI is InChI=1S/C25H29N5O3S/c1-28(34(2,32)33)23-12-15-29(16-13-23)24(31)11-10-22-19-30(18-20-7-4-3-5-8-20)27-25(22)21-9-6-14-26-17-21/h3-11,14,17,19,23H,12-13,15-16,18H2,1-2H3/b11-10+. The Morgan fingerprint density at radius 1 is 1.15 bits per heavy atom. The van der Waals surface area contributed by atoms with Crippen molar-refractivity contribution in [3.05, 3.63) is 78.3 Å². The van der Waals surface area contributed by atoms with Crippen LogP contribution in [0.2, 0.25) is 0 Å². The Bertz CT molecular complexity index is 1250. The van der Waals surface area contributed by atoms with Gasteiger partial charge in [-0.3, -0.25) is 14.5 Å². The highest BCUT2D eigenvalue weighted by atomic mass is 32.2. The Balaban J connectivity index is 1.49. The van der Waals surface area contributed by atoms with Crippen LogP contribution in [0.25, 0.3) is 17.3 Å². The van der Waals surface area contributed by atoms with Crippen LogP contribution in [0.5, 0.6) is 0 Å². The molecule has 0 unspecified atom stereocenters. The van der Waals surface area contributed by atoms with E-state index in [1.54, 1.807) is 36.5 Å². The van der Waals surface area contributed by atoms with Crippen LogP contribution in [0.1, 0.15) is 24.0 Å². The van der Waals surface area contributed by atoms with E-state index in [-0.39, 0.29) is 11.9 Å². The zero-order valence-corrected chi connectivity index (χ0v) is 20.2. The van der Waals surface area contributed by atoms with Gasteiger partial charge < -0.3 is 4.90 Å². The fourth-order valence-electron chi connectivity index (χ4n) is 4.12. The number of hydrogen-bond acceptors (Lipinski definition) is 5. The molecule has 0 radical (unpaired) electrons. The molecule has 0 N–H and O–H groups in total. The molecule has 1 amide bonds. The first-order valence-electron chi connectivity index (χ1n) is 11.2. The molecule has 4 rings (SSSR count). The van der Waals surface area contributed by atoms with Gasteiger partial charge in [-0.05, 0) is 36.6 Å². The molecule has 1 saturated heterocycles. The highest BCUT2D eigenvalue weighted by Crippen LogP contribution is 2.24. The van der Waals surface area contributed by atoms with Crippen molar-refractivity contribution < 1.29 is 13.2 Å². The number of pyridine rings is 1. The minimum absolute atomic E-state index is 0.0727. The quantitative estimate of drug-likeness (QED) is 0.486. The number of aromatic nitrogens is 3. The molecule has 2 aromatic heterocycles. The van der Waals surface area contributed by atoms with Crippen molar-refractivity contribution in [2.24, 2.45) is 0 Å². The van der Waals surface area contributed by atoms with E-state index >= 15 is 0 Å². The fourth-order valence-corrected chi connectivity index (χ4v) is 4.88. The van der Waals surface area contributed by atoms with Crippen LogP contribution in [-0.2, 0) is 21.4 Å². The van der Waals surface area contributed by atoms with E-state index in [4.69, 9.17) is 5.10 Å². The van der Waals surface area contributed by atoms with Crippen molar-refractivity contribution in [2.75, 3.05) is 26.4 Å². The Kier molecular flexibility index (Phi) is 7.23. The number of carbonyl (C=O) groups excluding carboxylic acids is 1. The normalized spacial score (nSPS) is 15.3. The maximum atomic E-state index is 12.9. The van der Waals surface area contributed by atoms with Gasteiger partial charge in [-0.2, -0.15) is 5.10 Å². The maximum Gasteiger partial charge on any atom is 0.246 e. The van der Waals surface area contributed by atoms with Crippen LogP contribution in [0.15, 0.2) is 67.1 Å². The smallest absolute Gasteiger partial charge is 0.246 e. The van der Waals surface area contributed by atoms with Crippen LogP contribution in [0.4, 0.5) is 0 Å². The van der Waals surface area contributed by atoms with Gasteiger partial charge in [0, 0.05) is 62.0 Å². The van der Waals surface area contributed by atoms with Crippen LogP contribution >= 0.6 is 0 Å². The average molecular weight is 480 g/mol. The van der Waals surface area contributed by atoms with Crippen LogP contribution in [0, 0.1) is 0 Å². The number of amides is 1. The molecule has 0 atom stereocenters. The summed E-state index contributed by atoms with van der Waals surface area (Å²) < 4.78 is 26.9. The molecule has 1 fully saturated rings. The SMILES string of the molecule is CN(C1CCN(C(=O)/C=C/c2cn(Cc3ccccc3)nc2-c2cccnc2)CC1)S(C)(=O)=O. The zero-order valence-electron chi connectivity index (χ0n) is 19.4. The van der Waals surface area contributed by atoms with Crippen LogP contribution < -0.4 is 0 Å². The highest BCUT2D eigenvalue weighted by molar-refractivity contribution is 7.88. The first-order chi connectivity index (χ1) is 16.3. The summed E-state index contributed by atoms with van der Waals surface area (Å²) in [4.78, 5) is 18.8. The molecule has 1 aromatic carbocycles. The van der Waals surface area contributed by atoms with Crippen LogP contribution in [0.3, 0.4) is 0 Å². The zero-order chi connectivity index (χ0) is 24.1. The van der Waals surface area contributed by atoms with Gasteiger partial charge in [0.2, 0.25) is 15.9 Å². The molecule has 34 heavy (non-hydrogen) atoms. The summed E-state index contributed by atoms with van der Waals surface area (Å²) >= 11 is 0. The molecule has 0 bridgehead atoms. The van der Waals surface area contributed by atoms with Crippen molar-refractivity contribution >= 4 is 22.0 Å². The van der Waals surface area contributed by atoms with Gasteiger partial charge in [-0.1, -0.05) is 30.3 Å². The van der Waals surface area contributed by atoms with Crippen molar-refractivity contribution in [2.45, 2.75) is 25.4 Å². The predicted octanol–water partition coefficient (Wildman–Crippen LogP) is 2.89. The third-order valence-corrected chi connectivity index (χ3v) is 7.48. The Labute approximate surface area is 200 Å². The molecule has 1 aliphatic heterocycles. The second kappa shape index (κ2) is 10.3. The van der Waals surface area contributed by atoms with Crippen LogP contribution in [-0.4, -0.2) is 70.7 Å². The van der Waals surface area contributed by atoms with Gasteiger partial charge in [-0.25, -0.2) is 12.7 Å². The Morgan fingerprint density at radius 2 is 1.88 bits per heavy atom. The molecule has 1 aliphatic rings. The number of likely N-dealkylation sites (tertiary alicyclic amines) is 1. The molecule has 3 heterocycles. The summed E-state index contributed by atoms with van der Waals surface area (Å²) in [5, 5.41) is 4.76. The van der Waals surface area contributed by atoms with E-state index in [1.165, 1.54) is 10.6 Å². The summed E-state index contributed by atoms with van der Waals surface area (Å²) in [6.45, 7) is 1.67. The first kappa shape index (κ1) is 23.8.